The van der Waals surface area contributed by atoms with Crippen LogP contribution < -0.4 is 0 Å². The SMILES string of the molecule is CCCc1ccoc1[C]1C=Cc2ccccc21. The van der Waals surface area contributed by atoms with Gasteiger partial charge in [0.25, 0.3) is 0 Å². The van der Waals surface area contributed by atoms with Crippen LogP contribution in [0.1, 0.15) is 35.8 Å². The Morgan fingerprint density at radius 2 is 1.94 bits per heavy atom. The summed E-state index contributed by atoms with van der Waals surface area (Å²) in [5.41, 5.74) is 3.87. The van der Waals surface area contributed by atoms with Crippen molar-refractivity contribution in [3.63, 3.8) is 0 Å². The molecule has 0 N–H and O–H groups in total. The van der Waals surface area contributed by atoms with Gasteiger partial charge in [-0.1, -0.05) is 49.8 Å². The van der Waals surface area contributed by atoms with Crippen LogP contribution in [0, 0.1) is 5.92 Å². The van der Waals surface area contributed by atoms with Crippen molar-refractivity contribution < 1.29 is 4.42 Å². The molecule has 17 heavy (non-hydrogen) atoms. The Morgan fingerprint density at radius 1 is 1.06 bits per heavy atom. The lowest BCUT2D eigenvalue weighted by Crippen LogP contribution is -1.98. The zero-order valence-electron chi connectivity index (χ0n) is 9.94. The van der Waals surface area contributed by atoms with E-state index in [0.717, 1.165) is 18.6 Å². The Hall–Kier alpha value is -1.76. The molecule has 1 radical (unpaired) electrons. The minimum absolute atomic E-state index is 1.04. The monoisotopic (exact) mass is 223 g/mol. The van der Waals surface area contributed by atoms with E-state index < -0.39 is 0 Å². The fraction of sp³-hybridized carbons (Fsp3) is 0.188. The van der Waals surface area contributed by atoms with E-state index in [1.807, 2.05) is 0 Å². The van der Waals surface area contributed by atoms with Gasteiger partial charge in [-0.15, -0.1) is 0 Å². The molecule has 1 heteroatoms. The third-order valence-corrected chi connectivity index (χ3v) is 3.19. The molecular weight excluding hydrogens is 208 g/mol. The van der Waals surface area contributed by atoms with Crippen LogP contribution in [-0.4, -0.2) is 0 Å². The molecule has 1 aliphatic rings. The van der Waals surface area contributed by atoms with Gasteiger partial charge in [0, 0.05) is 0 Å². The minimum Gasteiger partial charge on any atom is -0.468 e. The third kappa shape index (κ3) is 1.72. The van der Waals surface area contributed by atoms with Crippen LogP contribution in [0.5, 0.6) is 0 Å². The second kappa shape index (κ2) is 4.25. The smallest absolute Gasteiger partial charge is 0.123 e. The molecule has 85 valence electrons. The summed E-state index contributed by atoms with van der Waals surface area (Å²) < 4.78 is 5.67. The van der Waals surface area contributed by atoms with Crippen LogP contribution in [0.4, 0.5) is 0 Å². The number of hydrogen-bond donors (Lipinski definition) is 0. The molecule has 0 aliphatic heterocycles. The number of furan rings is 1. The molecule has 0 atom stereocenters. The highest BCUT2D eigenvalue weighted by Gasteiger charge is 2.24. The molecule has 0 spiro atoms. The van der Waals surface area contributed by atoms with E-state index in [9.17, 15) is 0 Å². The number of aryl methyl sites for hydroxylation is 1. The molecule has 1 heterocycles. The second-order valence-corrected chi connectivity index (χ2v) is 4.36. The highest BCUT2D eigenvalue weighted by molar-refractivity contribution is 5.72. The van der Waals surface area contributed by atoms with Crippen molar-refractivity contribution in [1.29, 1.82) is 0 Å². The zero-order chi connectivity index (χ0) is 11.7. The molecule has 0 saturated carbocycles. The van der Waals surface area contributed by atoms with Crippen LogP contribution in [0.2, 0.25) is 0 Å². The normalized spacial score (nSPS) is 14.2. The third-order valence-electron chi connectivity index (χ3n) is 3.19. The van der Waals surface area contributed by atoms with Gasteiger partial charge in [-0.3, -0.25) is 0 Å². The summed E-state index contributed by atoms with van der Waals surface area (Å²) >= 11 is 0. The summed E-state index contributed by atoms with van der Waals surface area (Å²) in [5.74, 6) is 2.25. The summed E-state index contributed by atoms with van der Waals surface area (Å²) in [5, 5.41) is 0. The maximum Gasteiger partial charge on any atom is 0.123 e. The van der Waals surface area contributed by atoms with E-state index in [-0.39, 0.29) is 0 Å². The lowest BCUT2D eigenvalue weighted by molar-refractivity contribution is 0.530. The van der Waals surface area contributed by atoms with E-state index in [1.165, 1.54) is 22.6 Å². The molecule has 0 unspecified atom stereocenters. The number of hydrogen-bond acceptors (Lipinski definition) is 1. The Labute approximate surface area is 102 Å². The van der Waals surface area contributed by atoms with Gasteiger partial charge in [-0.2, -0.15) is 0 Å². The Balaban J connectivity index is 2.01. The fourth-order valence-corrected chi connectivity index (χ4v) is 2.39. The Morgan fingerprint density at radius 3 is 2.82 bits per heavy atom. The minimum atomic E-state index is 1.04. The first-order valence-electron chi connectivity index (χ1n) is 6.11. The van der Waals surface area contributed by atoms with Crippen molar-refractivity contribution in [2.45, 2.75) is 19.8 Å². The molecule has 0 saturated heterocycles. The zero-order valence-corrected chi connectivity index (χ0v) is 9.94. The molecule has 1 aliphatic carbocycles. The van der Waals surface area contributed by atoms with Gasteiger partial charge in [-0.25, -0.2) is 0 Å². The molecule has 1 aromatic heterocycles. The average Bonchev–Trinajstić information content (AvgIpc) is 2.95. The van der Waals surface area contributed by atoms with Crippen molar-refractivity contribution in [2.24, 2.45) is 0 Å². The average molecular weight is 223 g/mol. The summed E-state index contributed by atoms with van der Waals surface area (Å²) in [7, 11) is 0. The van der Waals surface area contributed by atoms with Gasteiger partial charge in [0.15, 0.2) is 0 Å². The van der Waals surface area contributed by atoms with Gasteiger partial charge in [0.2, 0.25) is 0 Å². The number of allylic oxidation sites excluding steroid dienone is 1. The maximum absolute atomic E-state index is 5.67. The van der Waals surface area contributed by atoms with Crippen molar-refractivity contribution >= 4 is 6.08 Å². The first kappa shape index (κ1) is 10.4. The van der Waals surface area contributed by atoms with E-state index >= 15 is 0 Å². The number of rotatable bonds is 3. The molecule has 2 aromatic rings. The highest BCUT2D eigenvalue weighted by Crippen LogP contribution is 2.36. The number of fused-ring (bicyclic) bond motifs is 1. The maximum atomic E-state index is 5.67. The van der Waals surface area contributed by atoms with Crippen LogP contribution in [0.25, 0.3) is 6.08 Å². The molecule has 1 aromatic carbocycles. The van der Waals surface area contributed by atoms with Crippen LogP contribution in [-0.2, 0) is 6.42 Å². The molecular formula is C16H15O. The van der Waals surface area contributed by atoms with Crippen LogP contribution >= 0.6 is 0 Å². The lowest BCUT2D eigenvalue weighted by Gasteiger charge is -2.09. The summed E-state index contributed by atoms with van der Waals surface area (Å²) in [6.45, 7) is 2.19. The van der Waals surface area contributed by atoms with Crippen molar-refractivity contribution in [2.75, 3.05) is 0 Å². The van der Waals surface area contributed by atoms with E-state index in [1.54, 1.807) is 6.26 Å². The predicted octanol–water partition coefficient (Wildman–Crippen LogP) is 4.23. The molecule has 0 fully saturated rings. The predicted molar refractivity (Wildman–Crippen MR) is 69.6 cm³/mol. The first-order valence-corrected chi connectivity index (χ1v) is 6.11. The van der Waals surface area contributed by atoms with Crippen molar-refractivity contribution in [1.82, 2.24) is 0 Å². The summed E-state index contributed by atoms with van der Waals surface area (Å²) in [6, 6.07) is 10.5. The van der Waals surface area contributed by atoms with Gasteiger partial charge >= 0.3 is 0 Å². The van der Waals surface area contributed by atoms with Crippen LogP contribution in [0.15, 0.2) is 47.1 Å². The Bertz CT molecular complexity index is 548. The van der Waals surface area contributed by atoms with Gasteiger partial charge in [-0.05, 0) is 29.2 Å². The van der Waals surface area contributed by atoms with E-state index in [2.05, 4.69) is 49.4 Å². The molecule has 0 bridgehead atoms. The molecule has 0 amide bonds. The highest BCUT2D eigenvalue weighted by atomic mass is 16.3. The standard InChI is InChI=1S/C16H15O/c1-2-5-13-10-11-17-16(13)15-9-8-12-6-3-4-7-14(12)15/h3-4,6-11H,2,5H2,1H3. The largest absolute Gasteiger partial charge is 0.468 e. The van der Waals surface area contributed by atoms with Gasteiger partial charge in [0.05, 0.1) is 12.2 Å². The van der Waals surface area contributed by atoms with Crippen LogP contribution in [0.3, 0.4) is 0 Å². The Kier molecular flexibility index (Phi) is 2.60. The lowest BCUT2D eigenvalue weighted by atomic mass is 9.95. The fourth-order valence-electron chi connectivity index (χ4n) is 2.39. The van der Waals surface area contributed by atoms with E-state index in [4.69, 9.17) is 4.42 Å². The molecule has 3 rings (SSSR count). The molecule has 1 nitrogen and oxygen atoms in total. The topological polar surface area (TPSA) is 13.1 Å². The quantitative estimate of drug-likeness (QED) is 0.759. The second-order valence-electron chi connectivity index (χ2n) is 4.36. The van der Waals surface area contributed by atoms with Gasteiger partial charge < -0.3 is 4.42 Å². The number of benzene rings is 1. The van der Waals surface area contributed by atoms with Crippen molar-refractivity contribution in [3.8, 4) is 0 Å². The van der Waals surface area contributed by atoms with Crippen molar-refractivity contribution in [3.05, 3.63) is 71.0 Å². The van der Waals surface area contributed by atoms with E-state index in [0.29, 0.717) is 0 Å². The first-order chi connectivity index (χ1) is 8.40. The summed E-state index contributed by atoms with van der Waals surface area (Å²) in [4.78, 5) is 0. The van der Waals surface area contributed by atoms with Gasteiger partial charge in [0.1, 0.15) is 5.76 Å². The summed E-state index contributed by atoms with van der Waals surface area (Å²) in [6.07, 6.45) is 8.32.